The number of carbonyl (C=O) groups excluding carboxylic acids is 2. The number of nitrogens with one attached hydrogen (secondary N) is 1. The molecular formula is C17H12F3NO3. The molecule has 0 saturated heterocycles. The summed E-state index contributed by atoms with van der Waals surface area (Å²) >= 11 is 0. The fourth-order valence-corrected chi connectivity index (χ4v) is 1.81. The van der Waals surface area contributed by atoms with Gasteiger partial charge < -0.3 is 10.1 Å². The van der Waals surface area contributed by atoms with E-state index in [1.807, 2.05) is 0 Å². The molecule has 0 heterocycles. The second-order valence-electron chi connectivity index (χ2n) is 4.68. The smallest absolute Gasteiger partial charge is 0.337 e. The van der Waals surface area contributed by atoms with Crippen LogP contribution >= 0.6 is 0 Å². The van der Waals surface area contributed by atoms with E-state index in [9.17, 15) is 22.8 Å². The normalized spacial score (nSPS) is 10.7. The summed E-state index contributed by atoms with van der Waals surface area (Å²) in [6.45, 7) is 0. The molecule has 124 valence electrons. The van der Waals surface area contributed by atoms with Gasteiger partial charge in [0.1, 0.15) is 5.82 Å². The summed E-state index contributed by atoms with van der Waals surface area (Å²) in [7, 11) is 1.26. The van der Waals surface area contributed by atoms with Gasteiger partial charge in [-0.2, -0.15) is 0 Å². The minimum atomic E-state index is -1.34. The molecule has 0 aliphatic carbocycles. The van der Waals surface area contributed by atoms with Crippen LogP contribution in [-0.4, -0.2) is 19.0 Å². The summed E-state index contributed by atoms with van der Waals surface area (Å²) in [6.07, 6.45) is 2.50. The number of benzene rings is 2. The second kappa shape index (κ2) is 7.45. The van der Waals surface area contributed by atoms with E-state index < -0.39 is 35.0 Å². The van der Waals surface area contributed by atoms with Crippen LogP contribution in [0, 0.1) is 17.5 Å². The van der Waals surface area contributed by atoms with Gasteiger partial charge in [0.05, 0.1) is 18.4 Å². The van der Waals surface area contributed by atoms with Crippen LogP contribution in [0.3, 0.4) is 0 Å². The van der Waals surface area contributed by atoms with E-state index in [1.54, 1.807) is 12.1 Å². The maximum absolute atomic E-state index is 13.4. The minimum absolute atomic E-state index is 0.347. The molecule has 0 aromatic heterocycles. The molecule has 1 amide bonds. The first-order chi connectivity index (χ1) is 11.4. The average Bonchev–Trinajstić information content (AvgIpc) is 2.57. The van der Waals surface area contributed by atoms with Crippen LogP contribution in [0.5, 0.6) is 0 Å². The maximum atomic E-state index is 13.4. The molecule has 2 aromatic carbocycles. The summed E-state index contributed by atoms with van der Waals surface area (Å²) in [6, 6.07) is 7.08. The van der Waals surface area contributed by atoms with E-state index in [1.165, 1.54) is 25.3 Å². The van der Waals surface area contributed by atoms with Crippen LogP contribution in [0.4, 0.5) is 18.9 Å². The number of hydrogen-bond acceptors (Lipinski definition) is 3. The molecule has 4 nitrogen and oxygen atoms in total. The van der Waals surface area contributed by atoms with Crippen LogP contribution in [0.15, 0.2) is 42.5 Å². The lowest BCUT2D eigenvalue weighted by Gasteiger charge is -2.04. The Hall–Kier alpha value is -3.09. The zero-order chi connectivity index (χ0) is 17.7. The van der Waals surface area contributed by atoms with E-state index in [-0.39, 0.29) is 0 Å². The largest absolute Gasteiger partial charge is 0.465 e. The first-order valence-electron chi connectivity index (χ1n) is 6.72. The number of ether oxygens (including phenoxy) is 1. The van der Waals surface area contributed by atoms with E-state index in [0.717, 1.165) is 6.08 Å². The average molecular weight is 335 g/mol. The highest BCUT2D eigenvalue weighted by Crippen LogP contribution is 2.18. The molecule has 0 fully saturated rings. The van der Waals surface area contributed by atoms with Crippen LogP contribution in [0.2, 0.25) is 0 Å². The van der Waals surface area contributed by atoms with Crippen molar-refractivity contribution < 1.29 is 27.5 Å². The van der Waals surface area contributed by atoms with Crippen LogP contribution in [0.25, 0.3) is 6.08 Å². The van der Waals surface area contributed by atoms with E-state index >= 15 is 0 Å². The molecule has 0 spiro atoms. The Morgan fingerprint density at radius 1 is 1.00 bits per heavy atom. The summed E-state index contributed by atoms with van der Waals surface area (Å²) in [5.74, 6) is -4.91. The zero-order valence-electron chi connectivity index (χ0n) is 12.5. The summed E-state index contributed by atoms with van der Waals surface area (Å²) in [5.41, 5.74) is 0.483. The van der Waals surface area contributed by atoms with Crippen molar-refractivity contribution in [3.63, 3.8) is 0 Å². The number of esters is 1. The Morgan fingerprint density at radius 2 is 1.62 bits per heavy atom. The highest BCUT2D eigenvalue weighted by atomic mass is 19.2. The third-order valence-corrected chi connectivity index (χ3v) is 3.03. The van der Waals surface area contributed by atoms with Gasteiger partial charge in [-0.25, -0.2) is 18.0 Å². The van der Waals surface area contributed by atoms with Gasteiger partial charge in [-0.05, 0) is 23.8 Å². The third-order valence-electron chi connectivity index (χ3n) is 3.03. The number of halogens is 3. The van der Waals surface area contributed by atoms with E-state index in [4.69, 9.17) is 0 Å². The van der Waals surface area contributed by atoms with Crippen molar-refractivity contribution in [3.05, 3.63) is 71.1 Å². The molecule has 2 rings (SSSR count). The van der Waals surface area contributed by atoms with Crippen LogP contribution < -0.4 is 5.32 Å². The predicted molar refractivity (Wildman–Crippen MR) is 81.8 cm³/mol. The Labute approximate surface area is 135 Å². The Balaban J connectivity index is 2.05. The third kappa shape index (κ3) is 4.22. The van der Waals surface area contributed by atoms with Crippen molar-refractivity contribution in [1.82, 2.24) is 0 Å². The zero-order valence-corrected chi connectivity index (χ0v) is 12.5. The van der Waals surface area contributed by atoms with E-state index in [2.05, 4.69) is 10.1 Å². The van der Waals surface area contributed by atoms with Crippen LogP contribution in [0.1, 0.15) is 15.9 Å². The van der Waals surface area contributed by atoms with Crippen molar-refractivity contribution in [2.75, 3.05) is 12.4 Å². The number of carbonyl (C=O) groups is 2. The lowest BCUT2D eigenvalue weighted by atomic mass is 10.1. The molecule has 24 heavy (non-hydrogen) atoms. The molecule has 0 saturated carbocycles. The number of rotatable bonds is 4. The molecule has 0 bridgehead atoms. The molecule has 0 unspecified atom stereocenters. The molecular weight excluding hydrogens is 323 g/mol. The molecule has 7 heteroatoms. The first-order valence-corrected chi connectivity index (χ1v) is 6.72. The maximum Gasteiger partial charge on any atom is 0.337 e. The van der Waals surface area contributed by atoms with Gasteiger partial charge in [-0.15, -0.1) is 0 Å². The molecule has 0 aliphatic rings. The van der Waals surface area contributed by atoms with Gasteiger partial charge in [0.15, 0.2) is 11.6 Å². The van der Waals surface area contributed by atoms with Crippen molar-refractivity contribution in [1.29, 1.82) is 0 Å². The topological polar surface area (TPSA) is 55.4 Å². The second-order valence-corrected chi connectivity index (χ2v) is 4.68. The lowest BCUT2D eigenvalue weighted by Crippen LogP contribution is -2.10. The molecule has 0 aliphatic heterocycles. The standard InChI is InChI=1S/C17H12F3NO3/c1-24-17(23)11-5-2-10(3-6-11)4-7-16(22)21-15-9-13(19)12(18)8-14(15)20/h2-9H,1H3,(H,21,22)/b7-4+. The molecule has 1 N–H and O–H groups in total. The van der Waals surface area contributed by atoms with Crippen molar-refractivity contribution >= 4 is 23.6 Å². The van der Waals surface area contributed by atoms with Gasteiger partial charge in [0, 0.05) is 18.2 Å². The Kier molecular flexibility index (Phi) is 5.36. The number of anilines is 1. The van der Waals surface area contributed by atoms with Crippen molar-refractivity contribution in [2.24, 2.45) is 0 Å². The van der Waals surface area contributed by atoms with Gasteiger partial charge in [0.25, 0.3) is 0 Å². The fourth-order valence-electron chi connectivity index (χ4n) is 1.81. The van der Waals surface area contributed by atoms with Crippen molar-refractivity contribution in [2.45, 2.75) is 0 Å². The highest BCUT2D eigenvalue weighted by Gasteiger charge is 2.11. The van der Waals surface area contributed by atoms with Crippen molar-refractivity contribution in [3.8, 4) is 0 Å². The number of hydrogen-bond donors (Lipinski definition) is 1. The first kappa shape index (κ1) is 17.3. The fraction of sp³-hybridized carbons (Fsp3) is 0.0588. The van der Waals surface area contributed by atoms with Gasteiger partial charge in [-0.1, -0.05) is 12.1 Å². The predicted octanol–water partition coefficient (Wildman–Crippen LogP) is 3.54. The summed E-state index contributed by atoms with van der Waals surface area (Å²) in [5, 5.41) is 2.11. The molecule has 2 aromatic rings. The summed E-state index contributed by atoms with van der Waals surface area (Å²) < 4.78 is 43.8. The molecule has 0 radical (unpaired) electrons. The minimum Gasteiger partial charge on any atom is -0.465 e. The molecule has 0 atom stereocenters. The van der Waals surface area contributed by atoms with E-state index in [0.29, 0.717) is 23.3 Å². The lowest BCUT2D eigenvalue weighted by molar-refractivity contribution is -0.111. The number of methoxy groups -OCH3 is 1. The van der Waals surface area contributed by atoms with Gasteiger partial charge in [-0.3, -0.25) is 4.79 Å². The quantitative estimate of drug-likeness (QED) is 0.528. The number of amides is 1. The SMILES string of the molecule is COC(=O)c1ccc(/C=C/C(=O)Nc2cc(F)c(F)cc2F)cc1. The monoisotopic (exact) mass is 335 g/mol. The van der Waals surface area contributed by atoms with Gasteiger partial charge >= 0.3 is 5.97 Å². The summed E-state index contributed by atoms with van der Waals surface area (Å²) in [4.78, 5) is 23.0. The Morgan fingerprint density at radius 3 is 2.25 bits per heavy atom. The Bertz CT molecular complexity index is 801. The van der Waals surface area contributed by atoms with Gasteiger partial charge in [0.2, 0.25) is 5.91 Å². The van der Waals surface area contributed by atoms with Crippen LogP contribution in [-0.2, 0) is 9.53 Å². The highest BCUT2D eigenvalue weighted by molar-refractivity contribution is 6.02.